The number of benzene rings is 2. The van der Waals surface area contributed by atoms with Gasteiger partial charge in [-0.1, -0.05) is 24.3 Å². The van der Waals surface area contributed by atoms with Gasteiger partial charge in [0, 0.05) is 17.8 Å². The molecule has 0 bridgehead atoms. The summed E-state index contributed by atoms with van der Waals surface area (Å²) in [5.74, 6) is -0.0327. The number of hydrogen-bond donors (Lipinski definition) is 0. The highest BCUT2D eigenvalue weighted by molar-refractivity contribution is 6.06. The Morgan fingerprint density at radius 1 is 1.11 bits per heavy atom. The highest BCUT2D eigenvalue weighted by Crippen LogP contribution is 2.48. The summed E-state index contributed by atoms with van der Waals surface area (Å²) in [4.78, 5) is 25.8. The normalized spacial score (nSPS) is 25.8. The lowest BCUT2D eigenvalue weighted by Gasteiger charge is -2.26. The summed E-state index contributed by atoms with van der Waals surface area (Å²) >= 11 is 0. The summed E-state index contributed by atoms with van der Waals surface area (Å²) < 4.78 is 5.50. The van der Waals surface area contributed by atoms with Crippen LogP contribution in [0, 0.1) is 10.3 Å². The van der Waals surface area contributed by atoms with Gasteiger partial charge in [-0.3, -0.25) is 4.79 Å². The zero-order valence-corrected chi connectivity index (χ0v) is 15.6. The van der Waals surface area contributed by atoms with Crippen LogP contribution in [0.3, 0.4) is 0 Å². The molecule has 28 heavy (non-hydrogen) atoms. The Hall–Kier alpha value is -2.79. The highest BCUT2D eigenvalue weighted by Gasteiger charge is 2.41. The summed E-state index contributed by atoms with van der Waals surface area (Å²) in [6.07, 6.45) is 6.90. The monoisotopic (exact) mass is 374 g/mol. The molecule has 0 aromatic heterocycles. The minimum absolute atomic E-state index is 0.0327. The van der Waals surface area contributed by atoms with Gasteiger partial charge in [-0.15, -0.1) is 4.91 Å². The van der Waals surface area contributed by atoms with Gasteiger partial charge in [0.2, 0.25) is 0 Å². The first kappa shape index (κ1) is 17.3. The van der Waals surface area contributed by atoms with Gasteiger partial charge in [0.15, 0.2) is 0 Å². The van der Waals surface area contributed by atoms with E-state index in [1.54, 1.807) is 24.3 Å². The number of rotatable bonds is 3. The number of nitrogens with zero attached hydrogens (tertiary/aromatic N) is 2. The molecule has 3 aliphatic rings. The fourth-order valence-corrected chi connectivity index (χ4v) is 4.66. The standard InChI is InChI=1S/C23H22N2O3/c26-22(16-5-7-19(24-27)8-6-16)25-12-11-23(10-9-18(14-23)21-15-28-21)13-17-3-1-2-4-20(17)25/h1-8,14,21H,9-13,15H2. The third-order valence-electron chi connectivity index (χ3n) is 6.27. The zero-order chi connectivity index (χ0) is 19.1. The number of anilines is 1. The molecule has 5 nitrogen and oxygen atoms in total. The number of amides is 1. The van der Waals surface area contributed by atoms with E-state index in [0.717, 1.165) is 38.0 Å². The fourth-order valence-electron chi connectivity index (χ4n) is 4.66. The van der Waals surface area contributed by atoms with Crippen LogP contribution in [0.15, 0.2) is 65.4 Å². The van der Waals surface area contributed by atoms with Gasteiger partial charge >= 0.3 is 0 Å². The first-order valence-corrected chi connectivity index (χ1v) is 9.84. The maximum atomic E-state index is 13.3. The van der Waals surface area contributed by atoms with Crippen LogP contribution in [0.2, 0.25) is 0 Å². The molecule has 0 N–H and O–H groups in total. The van der Waals surface area contributed by atoms with Crippen molar-refractivity contribution in [2.24, 2.45) is 10.6 Å². The van der Waals surface area contributed by atoms with Crippen molar-refractivity contribution in [1.82, 2.24) is 0 Å². The Morgan fingerprint density at radius 3 is 2.64 bits per heavy atom. The zero-order valence-electron chi connectivity index (χ0n) is 15.6. The summed E-state index contributed by atoms with van der Waals surface area (Å²) in [5, 5.41) is 2.92. The lowest BCUT2D eigenvalue weighted by Crippen LogP contribution is -2.33. The largest absolute Gasteiger partial charge is 0.368 e. The molecule has 142 valence electrons. The third kappa shape index (κ3) is 3.06. The van der Waals surface area contributed by atoms with Gasteiger partial charge in [-0.05, 0) is 77.7 Å². The topological polar surface area (TPSA) is 62.3 Å². The van der Waals surface area contributed by atoms with Crippen LogP contribution in [0.1, 0.15) is 35.2 Å². The maximum Gasteiger partial charge on any atom is 0.258 e. The van der Waals surface area contributed by atoms with Crippen molar-refractivity contribution in [3.63, 3.8) is 0 Å². The van der Waals surface area contributed by atoms with Crippen molar-refractivity contribution in [3.05, 3.63) is 76.2 Å². The molecule has 1 saturated heterocycles. The summed E-state index contributed by atoms with van der Waals surface area (Å²) in [6, 6.07) is 14.8. The predicted molar refractivity (Wildman–Crippen MR) is 108 cm³/mol. The Labute approximate surface area is 164 Å². The van der Waals surface area contributed by atoms with Crippen LogP contribution in [-0.2, 0) is 11.2 Å². The maximum absolute atomic E-state index is 13.3. The van der Waals surface area contributed by atoms with Crippen molar-refractivity contribution in [2.45, 2.75) is 31.8 Å². The summed E-state index contributed by atoms with van der Waals surface area (Å²) in [6.45, 7) is 1.54. The lowest BCUT2D eigenvalue weighted by atomic mass is 9.79. The molecule has 2 heterocycles. The van der Waals surface area contributed by atoms with Crippen LogP contribution < -0.4 is 4.90 Å². The number of epoxide rings is 1. The average molecular weight is 374 g/mol. The minimum atomic E-state index is -0.0327. The molecule has 0 saturated carbocycles. The Balaban J connectivity index is 1.48. The second-order valence-corrected chi connectivity index (χ2v) is 8.05. The van der Waals surface area contributed by atoms with E-state index in [4.69, 9.17) is 4.74 Å². The highest BCUT2D eigenvalue weighted by atomic mass is 16.6. The number of ether oxygens (including phenoxy) is 1. The van der Waals surface area contributed by atoms with E-state index in [2.05, 4.69) is 23.4 Å². The number of nitroso groups, excluding NO2 is 1. The number of carbonyl (C=O) groups excluding carboxylic acids is 1. The van der Waals surface area contributed by atoms with Gasteiger partial charge in [0.25, 0.3) is 5.91 Å². The van der Waals surface area contributed by atoms with Gasteiger partial charge < -0.3 is 9.64 Å². The van der Waals surface area contributed by atoms with E-state index in [1.165, 1.54) is 11.1 Å². The van der Waals surface area contributed by atoms with Crippen LogP contribution in [0.4, 0.5) is 11.4 Å². The molecular formula is C23H22N2O3. The molecule has 2 unspecified atom stereocenters. The van der Waals surface area contributed by atoms with Crippen molar-refractivity contribution in [3.8, 4) is 0 Å². The Kier molecular flexibility index (Phi) is 4.13. The van der Waals surface area contributed by atoms with Crippen molar-refractivity contribution in [2.75, 3.05) is 18.1 Å². The molecule has 1 aliphatic carbocycles. The number of fused-ring (bicyclic) bond motifs is 1. The SMILES string of the molecule is O=Nc1ccc(C(=O)N2CCC3(C=C(C4CO4)CC3)Cc3ccccc32)cc1. The third-order valence-corrected chi connectivity index (χ3v) is 6.27. The van der Waals surface area contributed by atoms with Crippen molar-refractivity contribution >= 4 is 17.3 Å². The van der Waals surface area contributed by atoms with Crippen LogP contribution in [0.25, 0.3) is 0 Å². The van der Waals surface area contributed by atoms with E-state index < -0.39 is 0 Å². The van der Waals surface area contributed by atoms with Crippen molar-refractivity contribution < 1.29 is 9.53 Å². The molecule has 1 spiro atoms. The van der Waals surface area contributed by atoms with E-state index >= 15 is 0 Å². The van der Waals surface area contributed by atoms with Crippen molar-refractivity contribution in [1.29, 1.82) is 0 Å². The lowest BCUT2D eigenvalue weighted by molar-refractivity contribution is 0.0985. The predicted octanol–water partition coefficient (Wildman–Crippen LogP) is 4.78. The molecule has 1 amide bonds. The Bertz CT molecular complexity index is 962. The Morgan fingerprint density at radius 2 is 1.89 bits per heavy atom. The number of carbonyl (C=O) groups is 1. The number of para-hydroxylation sites is 1. The van der Waals surface area contributed by atoms with Gasteiger partial charge in [0.1, 0.15) is 11.8 Å². The molecule has 5 rings (SSSR count). The van der Waals surface area contributed by atoms with E-state index in [9.17, 15) is 9.70 Å². The summed E-state index contributed by atoms with van der Waals surface area (Å²) in [5.41, 5.74) is 4.66. The van der Waals surface area contributed by atoms with Crippen LogP contribution in [0.5, 0.6) is 0 Å². The first-order chi connectivity index (χ1) is 13.7. The molecule has 2 atom stereocenters. The van der Waals surface area contributed by atoms with Gasteiger partial charge in [0.05, 0.1) is 6.61 Å². The first-order valence-electron chi connectivity index (χ1n) is 9.84. The van der Waals surface area contributed by atoms with Gasteiger partial charge in [-0.25, -0.2) is 0 Å². The molecule has 2 aromatic carbocycles. The van der Waals surface area contributed by atoms with Gasteiger partial charge in [-0.2, -0.15) is 0 Å². The molecule has 2 aromatic rings. The summed E-state index contributed by atoms with van der Waals surface area (Å²) in [7, 11) is 0. The smallest absolute Gasteiger partial charge is 0.258 e. The molecule has 0 radical (unpaired) electrons. The minimum Gasteiger partial charge on any atom is -0.368 e. The second-order valence-electron chi connectivity index (χ2n) is 8.05. The average Bonchev–Trinajstić information content (AvgIpc) is 3.52. The quantitative estimate of drug-likeness (QED) is 0.441. The molecule has 1 fully saturated rings. The van der Waals surface area contributed by atoms with Crippen LogP contribution >= 0.6 is 0 Å². The van der Waals surface area contributed by atoms with E-state index in [1.807, 2.05) is 17.0 Å². The second kappa shape index (κ2) is 6.67. The van der Waals surface area contributed by atoms with Crippen LogP contribution in [-0.4, -0.2) is 25.2 Å². The number of allylic oxidation sites excluding steroid dienone is 1. The fraction of sp³-hybridized carbons (Fsp3) is 0.348. The molecular weight excluding hydrogens is 352 g/mol. The molecule has 5 heteroatoms. The number of hydrogen-bond acceptors (Lipinski definition) is 4. The van der Waals surface area contributed by atoms with E-state index in [0.29, 0.717) is 23.9 Å². The van der Waals surface area contributed by atoms with E-state index in [-0.39, 0.29) is 11.3 Å². The molecule has 2 aliphatic heterocycles.